The van der Waals surface area contributed by atoms with Crippen molar-refractivity contribution in [2.45, 2.75) is 6.42 Å². The number of ether oxygens (including phenoxy) is 1. The molecule has 27 heavy (non-hydrogen) atoms. The second-order valence-corrected chi connectivity index (χ2v) is 6.53. The first-order valence-electron chi connectivity index (χ1n) is 8.13. The van der Waals surface area contributed by atoms with E-state index in [-0.39, 0.29) is 6.03 Å². The van der Waals surface area contributed by atoms with Crippen LogP contribution in [0.1, 0.15) is 5.69 Å². The van der Waals surface area contributed by atoms with Gasteiger partial charge in [0.05, 0.1) is 12.8 Å². The first kappa shape index (κ1) is 19.1. The summed E-state index contributed by atoms with van der Waals surface area (Å²) in [5.74, 6) is 1.28. The average molecular weight is 406 g/mol. The van der Waals surface area contributed by atoms with E-state index >= 15 is 0 Å². The van der Waals surface area contributed by atoms with Gasteiger partial charge < -0.3 is 19.8 Å². The van der Waals surface area contributed by atoms with Crippen molar-refractivity contribution in [3.8, 4) is 17.2 Å². The Bertz CT molecular complexity index is 906. The number of urea groups is 1. The molecule has 2 amide bonds. The van der Waals surface area contributed by atoms with E-state index in [9.17, 15) is 4.79 Å². The number of amides is 2. The second kappa shape index (κ2) is 8.79. The summed E-state index contributed by atoms with van der Waals surface area (Å²) < 4.78 is 10.6. The van der Waals surface area contributed by atoms with Crippen LogP contribution in [0.5, 0.6) is 5.75 Å². The van der Waals surface area contributed by atoms with Gasteiger partial charge >= 0.3 is 6.03 Å². The van der Waals surface area contributed by atoms with Crippen LogP contribution in [0.25, 0.3) is 11.5 Å². The molecule has 1 heterocycles. The minimum absolute atomic E-state index is 0.354. The van der Waals surface area contributed by atoms with Crippen LogP contribution >= 0.6 is 23.2 Å². The van der Waals surface area contributed by atoms with Crippen molar-refractivity contribution in [3.05, 3.63) is 64.5 Å². The Morgan fingerprint density at radius 2 is 1.85 bits per heavy atom. The van der Waals surface area contributed by atoms with Crippen LogP contribution in [-0.2, 0) is 6.42 Å². The molecule has 2 N–H and O–H groups in total. The van der Waals surface area contributed by atoms with E-state index in [2.05, 4.69) is 15.6 Å². The molecule has 0 unspecified atom stereocenters. The van der Waals surface area contributed by atoms with Crippen molar-refractivity contribution in [1.29, 1.82) is 0 Å². The summed E-state index contributed by atoms with van der Waals surface area (Å²) in [6.07, 6.45) is 2.11. The Hall–Kier alpha value is -2.70. The summed E-state index contributed by atoms with van der Waals surface area (Å²) in [6.45, 7) is 0.398. The molecular weight excluding hydrogens is 389 g/mol. The van der Waals surface area contributed by atoms with Crippen molar-refractivity contribution in [2.75, 3.05) is 19.0 Å². The van der Waals surface area contributed by atoms with Crippen molar-refractivity contribution in [3.63, 3.8) is 0 Å². The predicted octanol–water partition coefficient (Wildman–Crippen LogP) is 5.02. The highest BCUT2D eigenvalue weighted by Crippen LogP contribution is 2.23. The number of oxazole rings is 1. The summed E-state index contributed by atoms with van der Waals surface area (Å²) in [4.78, 5) is 16.4. The topological polar surface area (TPSA) is 76.4 Å². The summed E-state index contributed by atoms with van der Waals surface area (Å²) in [6, 6.07) is 11.9. The van der Waals surface area contributed by atoms with Crippen LogP contribution in [0, 0.1) is 0 Å². The van der Waals surface area contributed by atoms with Crippen molar-refractivity contribution >= 4 is 34.9 Å². The molecule has 0 radical (unpaired) electrons. The second-order valence-electron chi connectivity index (χ2n) is 5.66. The minimum Gasteiger partial charge on any atom is -0.497 e. The highest BCUT2D eigenvalue weighted by Gasteiger charge is 2.08. The molecule has 1 aromatic heterocycles. The highest BCUT2D eigenvalue weighted by atomic mass is 35.5. The Kier molecular flexibility index (Phi) is 6.21. The summed E-state index contributed by atoms with van der Waals surface area (Å²) in [7, 11) is 1.61. The summed E-state index contributed by atoms with van der Waals surface area (Å²) in [5, 5.41) is 6.33. The number of carbonyl (C=O) groups excluding carboxylic acids is 1. The number of aromatic nitrogens is 1. The first-order valence-corrected chi connectivity index (χ1v) is 8.89. The molecule has 8 heteroatoms. The van der Waals surface area contributed by atoms with Crippen molar-refractivity contribution < 1.29 is 13.9 Å². The van der Waals surface area contributed by atoms with Gasteiger partial charge in [-0.25, -0.2) is 9.78 Å². The van der Waals surface area contributed by atoms with E-state index in [0.29, 0.717) is 34.6 Å². The van der Waals surface area contributed by atoms with Gasteiger partial charge in [-0.1, -0.05) is 23.2 Å². The van der Waals surface area contributed by atoms with Crippen LogP contribution in [-0.4, -0.2) is 24.7 Å². The van der Waals surface area contributed by atoms with Gasteiger partial charge in [0.25, 0.3) is 0 Å². The molecule has 0 saturated heterocycles. The number of methoxy groups -OCH3 is 1. The molecule has 0 fully saturated rings. The SMILES string of the molecule is COc1ccc(-c2nc(CCNC(=O)Nc3cc(Cl)cc(Cl)c3)co2)cc1. The molecule has 0 aliphatic carbocycles. The molecule has 140 valence electrons. The molecule has 0 saturated carbocycles. The highest BCUT2D eigenvalue weighted by molar-refractivity contribution is 6.35. The number of carbonyl (C=O) groups is 1. The zero-order valence-electron chi connectivity index (χ0n) is 14.5. The van der Waals surface area contributed by atoms with E-state index in [1.54, 1.807) is 31.6 Å². The van der Waals surface area contributed by atoms with Gasteiger partial charge in [0.2, 0.25) is 5.89 Å². The fraction of sp³-hybridized carbons (Fsp3) is 0.158. The Morgan fingerprint density at radius 1 is 1.15 bits per heavy atom. The lowest BCUT2D eigenvalue weighted by Crippen LogP contribution is -2.30. The third kappa shape index (κ3) is 5.39. The smallest absolute Gasteiger partial charge is 0.319 e. The quantitative estimate of drug-likeness (QED) is 0.603. The molecule has 3 aromatic rings. The number of hydrogen-bond acceptors (Lipinski definition) is 4. The Labute approximate surface area is 166 Å². The number of nitrogens with zero attached hydrogens (tertiary/aromatic N) is 1. The largest absolute Gasteiger partial charge is 0.497 e. The normalized spacial score (nSPS) is 10.5. The monoisotopic (exact) mass is 405 g/mol. The molecule has 0 aliphatic heterocycles. The zero-order valence-corrected chi connectivity index (χ0v) is 16.0. The van der Waals surface area contributed by atoms with Crippen molar-refractivity contribution in [1.82, 2.24) is 10.3 Å². The van der Waals surface area contributed by atoms with E-state index in [1.807, 2.05) is 24.3 Å². The number of anilines is 1. The van der Waals surface area contributed by atoms with Crippen LogP contribution in [0.4, 0.5) is 10.5 Å². The number of rotatable bonds is 6. The third-order valence-corrected chi connectivity index (χ3v) is 4.11. The number of benzene rings is 2. The minimum atomic E-state index is -0.354. The Balaban J connectivity index is 1.50. The standard InChI is InChI=1S/C19H17Cl2N3O3/c1-26-17-4-2-12(3-5-17)18-23-15(11-27-18)6-7-22-19(25)24-16-9-13(20)8-14(21)10-16/h2-5,8-11H,6-7H2,1H3,(H2,22,24,25). The lowest BCUT2D eigenvalue weighted by Gasteiger charge is -2.07. The molecule has 0 spiro atoms. The van der Waals surface area contributed by atoms with Gasteiger partial charge in [0.1, 0.15) is 12.0 Å². The molecule has 3 rings (SSSR count). The van der Waals surface area contributed by atoms with E-state index in [4.69, 9.17) is 32.4 Å². The van der Waals surface area contributed by atoms with Crippen LogP contribution < -0.4 is 15.4 Å². The molecule has 2 aromatic carbocycles. The predicted molar refractivity (Wildman–Crippen MR) is 106 cm³/mol. The van der Waals surface area contributed by atoms with Gasteiger partial charge in [-0.05, 0) is 42.5 Å². The number of nitrogens with one attached hydrogen (secondary N) is 2. The lowest BCUT2D eigenvalue weighted by atomic mass is 10.2. The average Bonchev–Trinajstić information content (AvgIpc) is 3.10. The van der Waals surface area contributed by atoms with Gasteiger partial charge in [-0.3, -0.25) is 0 Å². The molecule has 0 aliphatic rings. The molecule has 0 atom stereocenters. The van der Waals surface area contributed by atoms with Crippen LogP contribution in [0.3, 0.4) is 0 Å². The van der Waals surface area contributed by atoms with Gasteiger partial charge in [0, 0.05) is 34.3 Å². The number of hydrogen-bond donors (Lipinski definition) is 2. The van der Waals surface area contributed by atoms with Crippen molar-refractivity contribution in [2.24, 2.45) is 0 Å². The molecular formula is C19H17Cl2N3O3. The van der Waals surface area contributed by atoms with Gasteiger partial charge in [-0.15, -0.1) is 0 Å². The number of halogens is 2. The fourth-order valence-corrected chi connectivity index (χ4v) is 2.92. The van der Waals surface area contributed by atoms with Crippen LogP contribution in [0.2, 0.25) is 10.0 Å². The lowest BCUT2D eigenvalue weighted by molar-refractivity contribution is 0.252. The van der Waals surface area contributed by atoms with E-state index < -0.39 is 0 Å². The maximum Gasteiger partial charge on any atom is 0.319 e. The maximum absolute atomic E-state index is 11.9. The maximum atomic E-state index is 11.9. The van der Waals surface area contributed by atoms with Gasteiger partial charge in [0.15, 0.2) is 0 Å². The molecule has 0 bridgehead atoms. The van der Waals surface area contributed by atoms with Crippen LogP contribution in [0.15, 0.2) is 53.1 Å². The zero-order chi connectivity index (χ0) is 19.2. The first-order chi connectivity index (χ1) is 13.0. The fourth-order valence-electron chi connectivity index (χ4n) is 2.39. The molecule has 6 nitrogen and oxygen atoms in total. The Morgan fingerprint density at radius 3 is 2.52 bits per heavy atom. The van der Waals surface area contributed by atoms with E-state index in [0.717, 1.165) is 17.0 Å². The van der Waals surface area contributed by atoms with Gasteiger partial charge in [-0.2, -0.15) is 0 Å². The third-order valence-electron chi connectivity index (χ3n) is 3.68. The summed E-state index contributed by atoms with van der Waals surface area (Å²) >= 11 is 11.8. The summed E-state index contributed by atoms with van der Waals surface area (Å²) in [5.41, 5.74) is 2.12. The van der Waals surface area contributed by atoms with E-state index in [1.165, 1.54) is 0 Å².